The first-order chi connectivity index (χ1) is 14.4. The minimum Gasteiger partial charge on any atom is -0.337 e. The van der Waals surface area contributed by atoms with Crippen LogP contribution in [0.2, 0.25) is 0 Å². The minimum absolute atomic E-state index is 0.124. The van der Waals surface area contributed by atoms with Crippen molar-refractivity contribution in [1.29, 1.82) is 0 Å². The van der Waals surface area contributed by atoms with E-state index in [1.807, 2.05) is 30.3 Å². The van der Waals surface area contributed by atoms with Crippen LogP contribution in [0, 0.1) is 5.92 Å². The van der Waals surface area contributed by atoms with Gasteiger partial charge in [-0.2, -0.15) is 9.29 Å². The van der Waals surface area contributed by atoms with Gasteiger partial charge in [0, 0.05) is 25.7 Å². The van der Waals surface area contributed by atoms with Crippen molar-refractivity contribution < 1.29 is 17.7 Å². The summed E-state index contributed by atoms with van der Waals surface area (Å²) < 4.78 is 32.6. The van der Waals surface area contributed by atoms with Gasteiger partial charge in [0.15, 0.2) is 0 Å². The molecular weight excluding hydrogens is 424 g/mol. The molecule has 1 aliphatic rings. The van der Waals surface area contributed by atoms with E-state index in [2.05, 4.69) is 10.1 Å². The maximum Gasteiger partial charge on any atom is 0.252 e. The van der Waals surface area contributed by atoms with E-state index in [-0.39, 0.29) is 19.0 Å². The normalized spacial score (nSPS) is 17.7. The van der Waals surface area contributed by atoms with Crippen LogP contribution in [0.1, 0.15) is 18.7 Å². The van der Waals surface area contributed by atoms with Crippen LogP contribution in [0.25, 0.3) is 11.4 Å². The van der Waals surface area contributed by atoms with Crippen molar-refractivity contribution in [1.82, 2.24) is 19.3 Å². The number of nitrogens with zero attached hydrogens (tertiary/aromatic N) is 4. The number of aromatic nitrogens is 2. The molecule has 1 amide bonds. The maximum atomic E-state index is 13.0. The minimum atomic E-state index is -3.56. The predicted molar refractivity (Wildman–Crippen MR) is 112 cm³/mol. The number of sulfonamides is 1. The van der Waals surface area contributed by atoms with Crippen LogP contribution in [0.5, 0.6) is 0 Å². The Bertz CT molecular complexity index is 1100. The Balaban J connectivity index is 1.41. The quantitative estimate of drug-likeness (QED) is 0.578. The Hall–Kier alpha value is -2.56. The molecule has 0 N–H and O–H groups in total. The first kappa shape index (κ1) is 20.7. The molecule has 0 unspecified atom stereocenters. The number of benzene rings is 1. The number of piperidine rings is 1. The standard InChI is InChI=1S/C20H22N4O4S2/c1-23(14-17-21-19(22-28-17)15-7-3-2-4-8-15)20(25)16-9-5-11-24(13-16)30(26,27)18-10-6-12-29-18/h2-4,6-8,10,12,16H,5,9,11,13-14H2,1H3/t16-/m1/s1. The fourth-order valence-corrected chi connectivity index (χ4v) is 6.18. The molecule has 30 heavy (non-hydrogen) atoms. The van der Waals surface area contributed by atoms with Gasteiger partial charge in [-0.1, -0.05) is 41.6 Å². The Morgan fingerprint density at radius 2 is 2.07 bits per heavy atom. The lowest BCUT2D eigenvalue weighted by atomic mass is 9.98. The Kier molecular flexibility index (Phi) is 5.98. The second kappa shape index (κ2) is 8.66. The van der Waals surface area contributed by atoms with Crippen LogP contribution in [0.4, 0.5) is 0 Å². The summed E-state index contributed by atoms with van der Waals surface area (Å²) >= 11 is 1.19. The zero-order valence-electron chi connectivity index (χ0n) is 16.5. The number of carbonyl (C=O) groups is 1. The van der Waals surface area contributed by atoms with E-state index in [0.29, 0.717) is 35.3 Å². The smallest absolute Gasteiger partial charge is 0.252 e. The largest absolute Gasteiger partial charge is 0.337 e. The number of hydrogen-bond acceptors (Lipinski definition) is 7. The average Bonchev–Trinajstić information content (AvgIpc) is 3.47. The molecule has 2 aromatic heterocycles. The summed E-state index contributed by atoms with van der Waals surface area (Å²) in [6, 6.07) is 12.8. The summed E-state index contributed by atoms with van der Waals surface area (Å²) in [6.45, 7) is 0.785. The summed E-state index contributed by atoms with van der Waals surface area (Å²) in [6.07, 6.45) is 1.30. The Labute approximate surface area is 179 Å². The highest BCUT2D eigenvalue weighted by Gasteiger charge is 2.35. The number of thiophene rings is 1. The molecule has 158 valence electrons. The van der Waals surface area contributed by atoms with Crippen LogP contribution < -0.4 is 0 Å². The number of carbonyl (C=O) groups excluding carboxylic acids is 1. The third-order valence-corrected chi connectivity index (χ3v) is 8.31. The molecule has 8 nitrogen and oxygen atoms in total. The third-order valence-electron chi connectivity index (χ3n) is 5.07. The number of hydrogen-bond donors (Lipinski definition) is 0. The highest BCUT2D eigenvalue weighted by molar-refractivity contribution is 7.91. The van der Waals surface area contributed by atoms with Gasteiger partial charge in [-0.25, -0.2) is 8.42 Å². The third kappa shape index (κ3) is 4.30. The summed E-state index contributed by atoms with van der Waals surface area (Å²) in [4.78, 5) is 18.8. The molecule has 4 rings (SSSR count). The summed E-state index contributed by atoms with van der Waals surface area (Å²) in [5.41, 5.74) is 0.836. The molecule has 1 fully saturated rings. The molecule has 1 atom stereocenters. The topological polar surface area (TPSA) is 96.6 Å². The zero-order valence-corrected chi connectivity index (χ0v) is 18.1. The monoisotopic (exact) mass is 446 g/mol. The lowest BCUT2D eigenvalue weighted by Crippen LogP contribution is -2.45. The molecule has 3 heterocycles. The van der Waals surface area contributed by atoms with Crippen LogP contribution in [0.3, 0.4) is 0 Å². The summed E-state index contributed by atoms with van der Waals surface area (Å²) in [5, 5.41) is 5.71. The van der Waals surface area contributed by atoms with Gasteiger partial charge < -0.3 is 9.42 Å². The molecular formula is C20H22N4O4S2. The van der Waals surface area contributed by atoms with Crippen molar-refractivity contribution in [3.63, 3.8) is 0 Å². The molecule has 0 saturated carbocycles. The second-order valence-electron chi connectivity index (χ2n) is 7.21. The van der Waals surface area contributed by atoms with Crippen molar-refractivity contribution in [3.8, 4) is 11.4 Å². The molecule has 0 spiro atoms. The van der Waals surface area contributed by atoms with Crippen molar-refractivity contribution in [2.24, 2.45) is 5.92 Å². The molecule has 3 aromatic rings. The Morgan fingerprint density at radius 3 is 2.80 bits per heavy atom. The van der Waals surface area contributed by atoms with E-state index >= 15 is 0 Å². The lowest BCUT2D eigenvalue weighted by Gasteiger charge is -2.32. The van der Waals surface area contributed by atoms with E-state index in [9.17, 15) is 13.2 Å². The van der Waals surface area contributed by atoms with Crippen molar-refractivity contribution in [3.05, 3.63) is 53.7 Å². The van der Waals surface area contributed by atoms with Gasteiger partial charge in [0.05, 0.1) is 12.5 Å². The van der Waals surface area contributed by atoms with Crippen LogP contribution >= 0.6 is 11.3 Å². The first-order valence-corrected chi connectivity index (χ1v) is 11.9. The zero-order chi connectivity index (χ0) is 21.1. The van der Waals surface area contributed by atoms with Crippen LogP contribution in [-0.4, -0.2) is 53.8 Å². The van der Waals surface area contributed by atoms with Crippen molar-refractivity contribution >= 4 is 27.3 Å². The van der Waals surface area contributed by atoms with Crippen molar-refractivity contribution in [2.75, 3.05) is 20.1 Å². The van der Waals surface area contributed by atoms with E-state index in [1.165, 1.54) is 20.5 Å². The first-order valence-electron chi connectivity index (χ1n) is 9.62. The molecule has 0 radical (unpaired) electrons. The van der Waals surface area contributed by atoms with Crippen LogP contribution in [0.15, 0.2) is 56.6 Å². The van der Waals surface area contributed by atoms with Gasteiger partial charge in [-0.05, 0) is 24.3 Å². The second-order valence-corrected chi connectivity index (χ2v) is 10.3. The van der Waals surface area contributed by atoms with E-state index in [0.717, 1.165) is 5.56 Å². The summed E-state index contributed by atoms with van der Waals surface area (Å²) in [7, 11) is -1.89. The van der Waals surface area contributed by atoms with Crippen molar-refractivity contribution in [2.45, 2.75) is 23.6 Å². The van der Waals surface area contributed by atoms with E-state index in [1.54, 1.807) is 24.6 Å². The van der Waals surface area contributed by atoms with E-state index < -0.39 is 15.9 Å². The average molecular weight is 447 g/mol. The SMILES string of the molecule is CN(Cc1nc(-c2ccccc2)no1)C(=O)[C@@H]1CCCN(S(=O)(=O)c2cccs2)C1. The Morgan fingerprint density at radius 1 is 1.27 bits per heavy atom. The van der Waals surface area contributed by atoms with Gasteiger partial charge in [-0.3, -0.25) is 4.79 Å². The van der Waals surface area contributed by atoms with Gasteiger partial charge in [0.1, 0.15) is 4.21 Å². The number of rotatable bonds is 6. The van der Waals surface area contributed by atoms with Gasteiger partial charge in [0.25, 0.3) is 10.0 Å². The highest BCUT2D eigenvalue weighted by atomic mass is 32.2. The molecule has 1 aromatic carbocycles. The fourth-order valence-electron chi connectivity index (χ4n) is 3.52. The highest BCUT2D eigenvalue weighted by Crippen LogP contribution is 2.27. The van der Waals surface area contributed by atoms with Crippen LogP contribution in [-0.2, 0) is 21.4 Å². The molecule has 0 aliphatic carbocycles. The van der Waals surface area contributed by atoms with Gasteiger partial charge in [0.2, 0.25) is 17.6 Å². The lowest BCUT2D eigenvalue weighted by molar-refractivity contribution is -0.136. The summed E-state index contributed by atoms with van der Waals surface area (Å²) in [5.74, 6) is 0.288. The fraction of sp³-hybridized carbons (Fsp3) is 0.350. The number of amides is 1. The molecule has 10 heteroatoms. The molecule has 1 saturated heterocycles. The van der Waals surface area contributed by atoms with Gasteiger partial charge in [-0.15, -0.1) is 11.3 Å². The predicted octanol–water partition coefficient (Wildman–Crippen LogP) is 2.86. The van der Waals surface area contributed by atoms with Gasteiger partial charge >= 0.3 is 0 Å². The molecule has 0 bridgehead atoms. The molecule has 1 aliphatic heterocycles. The maximum absolute atomic E-state index is 13.0. The van der Waals surface area contributed by atoms with E-state index in [4.69, 9.17) is 4.52 Å².